The van der Waals surface area contributed by atoms with Crippen LogP contribution in [0.3, 0.4) is 0 Å². The van der Waals surface area contributed by atoms with E-state index in [0.29, 0.717) is 12.1 Å². The molecule has 15 heavy (non-hydrogen) atoms. The van der Waals surface area contributed by atoms with E-state index >= 15 is 0 Å². The first kappa shape index (κ1) is 12.0. The molecule has 1 aromatic heterocycles. The fourth-order valence-corrected chi connectivity index (χ4v) is 1.06. The second kappa shape index (κ2) is 4.66. The maximum absolute atomic E-state index is 5.28. The van der Waals surface area contributed by atoms with Gasteiger partial charge in [0, 0.05) is 18.1 Å². The van der Waals surface area contributed by atoms with Crippen LogP contribution in [0.2, 0.25) is 0 Å². The molecule has 0 saturated heterocycles. The highest BCUT2D eigenvalue weighted by Gasteiger charge is 2.10. The minimum atomic E-state index is 0.102. The molecule has 0 bridgehead atoms. The SMILES string of the molecule is CC(C)Nc1nc(CNC(C)(C)C)co1. The highest BCUT2D eigenvalue weighted by atomic mass is 16.4. The molecule has 0 unspecified atom stereocenters. The number of nitrogens with zero attached hydrogens (tertiary/aromatic N) is 1. The van der Waals surface area contributed by atoms with Crippen molar-refractivity contribution < 1.29 is 4.42 Å². The lowest BCUT2D eigenvalue weighted by molar-refractivity contribution is 0.421. The van der Waals surface area contributed by atoms with Gasteiger partial charge in [-0.15, -0.1) is 0 Å². The van der Waals surface area contributed by atoms with Crippen LogP contribution in [0.15, 0.2) is 10.7 Å². The quantitative estimate of drug-likeness (QED) is 0.803. The molecular formula is C11H21N3O. The summed E-state index contributed by atoms with van der Waals surface area (Å²) in [5.41, 5.74) is 1.03. The second-order valence-electron chi connectivity index (χ2n) is 5.05. The Labute approximate surface area is 91.5 Å². The Morgan fingerprint density at radius 1 is 1.40 bits per heavy atom. The van der Waals surface area contributed by atoms with Crippen molar-refractivity contribution in [3.05, 3.63) is 12.0 Å². The summed E-state index contributed by atoms with van der Waals surface area (Å²) in [6, 6.07) is 0.933. The summed E-state index contributed by atoms with van der Waals surface area (Å²) in [4.78, 5) is 4.31. The zero-order valence-electron chi connectivity index (χ0n) is 10.2. The summed E-state index contributed by atoms with van der Waals surface area (Å²) in [5, 5.41) is 6.47. The van der Waals surface area contributed by atoms with E-state index in [1.807, 2.05) is 0 Å². The summed E-state index contributed by atoms with van der Waals surface area (Å²) in [7, 11) is 0. The van der Waals surface area contributed by atoms with Gasteiger partial charge < -0.3 is 15.1 Å². The Balaban J connectivity index is 2.46. The lowest BCUT2D eigenvalue weighted by Gasteiger charge is -2.19. The first-order valence-corrected chi connectivity index (χ1v) is 5.33. The Bertz CT molecular complexity index is 299. The average molecular weight is 211 g/mol. The predicted molar refractivity (Wildman–Crippen MR) is 61.9 cm³/mol. The molecule has 0 aromatic carbocycles. The zero-order chi connectivity index (χ0) is 11.5. The van der Waals surface area contributed by atoms with Gasteiger partial charge >= 0.3 is 0 Å². The fraction of sp³-hybridized carbons (Fsp3) is 0.727. The third-order valence-corrected chi connectivity index (χ3v) is 1.76. The summed E-state index contributed by atoms with van der Waals surface area (Å²) in [6.45, 7) is 11.2. The van der Waals surface area contributed by atoms with Crippen LogP contribution < -0.4 is 10.6 Å². The van der Waals surface area contributed by atoms with Crippen LogP contribution in [0.4, 0.5) is 6.01 Å². The Morgan fingerprint density at radius 2 is 2.07 bits per heavy atom. The van der Waals surface area contributed by atoms with Crippen molar-refractivity contribution >= 4 is 6.01 Å². The van der Waals surface area contributed by atoms with Gasteiger partial charge in [-0.3, -0.25) is 0 Å². The van der Waals surface area contributed by atoms with Crippen LogP contribution in [-0.2, 0) is 6.54 Å². The smallest absolute Gasteiger partial charge is 0.294 e. The molecule has 0 radical (unpaired) electrons. The van der Waals surface area contributed by atoms with Crippen LogP contribution in [-0.4, -0.2) is 16.6 Å². The average Bonchev–Trinajstić information content (AvgIpc) is 2.46. The van der Waals surface area contributed by atoms with Crippen molar-refractivity contribution in [2.45, 2.75) is 52.7 Å². The number of rotatable bonds is 4. The van der Waals surface area contributed by atoms with Crippen molar-refractivity contribution in [1.82, 2.24) is 10.3 Å². The number of aromatic nitrogens is 1. The monoisotopic (exact) mass is 211 g/mol. The highest BCUT2D eigenvalue weighted by molar-refractivity contribution is 5.22. The zero-order valence-corrected chi connectivity index (χ0v) is 10.2. The molecule has 0 atom stereocenters. The molecule has 1 aromatic rings. The number of nitrogens with one attached hydrogen (secondary N) is 2. The van der Waals surface area contributed by atoms with Gasteiger partial charge in [0.15, 0.2) is 0 Å². The summed E-state index contributed by atoms with van der Waals surface area (Å²) in [6.07, 6.45) is 1.68. The van der Waals surface area contributed by atoms with E-state index in [0.717, 1.165) is 12.2 Å². The van der Waals surface area contributed by atoms with Gasteiger partial charge in [0.25, 0.3) is 6.01 Å². The highest BCUT2D eigenvalue weighted by Crippen LogP contribution is 2.09. The van der Waals surface area contributed by atoms with E-state index in [2.05, 4.69) is 50.2 Å². The molecule has 0 aliphatic heterocycles. The molecular weight excluding hydrogens is 190 g/mol. The summed E-state index contributed by atoms with van der Waals surface area (Å²) < 4.78 is 5.28. The van der Waals surface area contributed by atoms with E-state index in [1.165, 1.54) is 0 Å². The molecule has 0 saturated carbocycles. The molecule has 0 aliphatic carbocycles. The minimum absolute atomic E-state index is 0.102. The van der Waals surface area contributed by atoms with Crippen molar-refractivity contribution in [3.63, 3.8) is 0 Å². The van der Waals surface area contributed by atoms with Crippen LogP contribution in [0.5, 0.6) is 0 Å². The third kappa shape index (κ3) is 4.83. The third-order valence-electron chi connectivity index (χ3n) is 1.76. The summed E-state index contributed by atoms with van der Waals surface area (Å²) >= 11 is 0. The topological polar surface area (TPSA) is 50.1 Å². The van der Waals surface area contributed by atoms with E-state index in [1.54, 1.807) is 6.26 Å². The van der Waals surface area contributed by atoms with Gasteiger partial charge in [0.2, 0.25) is 0 Å². The van der Waals surface area contributed by atoms with Crippen LogP contribution >= 0.6 is 0 Å². The first-order valence-electron chi connectivity index (χ1n) is 5.33. The van der Waals surface area contributed by atoms with E-state index in [-0.39, 0.29) is 5.54 Å². The minimum Gasteiger partial charge on any atom is -0.432 e. The molecule has 4 heteroatoms. The molecule has 0 amide bonds. The number of oxazole rings is 1. The molecule has 1 heterocycles. The van der Waals surface area contributed by atoms with E-state index < -0.39 is 0 Å². The fourth-order valence-electron chi connectivity index (χ4n) is 1.06. The lowest BCUT2D eigenvalue weighted by Crippen LogP contribution is -2.35. The van der Waals surface area contributed by atoms with Gasteiger partial charge in [0.05, 0.1) is 5.69 Å². The van der Waals surface area contributed by atoms with Crippen LogP contribution in [0.1, 0.15) is 40.3 Å². The second-order valence-corrected chi connectivity index (χ2v) is 5.05. The van der Waals surface area contributed by atoms with Gasteiger partial charge in [-0.25, -0.2) is 0 Å². The first-order chi connectivity index (χ1) is 6.87. The lowest BCUT2D eigenvalue weighted by atomic mass is 10.1. The molecule has 2 N–H and O–H groups in total. The molecule has 0 aliphatic rings. The molecule has 86 valence electrons. The normalized spacial score (nSPS) is 12.1. The van der Waals surface area contributed by atoms with Crippen molar-refractivity contribution in [3.8, 4) is 0 Å². The van der Waals surface area contributed by atoms with Gasteiger partial charge in [-0.05, 0) is 34.6 Å². The number of hydrogen-bond donors (Lipinski definition) is 2. The molecule has 0 fully saturated rings. The van der Waals surface area contributed by atoms with E-state index in [4.69, 9.17) is 4.42 Å². The van der Waals surface area contributed by atoms with Crippen molar-refractivity contribution in [2.75, 3.05) is 5.32 Å². The summed E-state index contributed by atoms with van der Waals surface area (Å²) in [5.74, 6) is 0. The predicted octanol–water partition coefficient (Wildman–Crippen LogP) is 2.38. The number of anilines is 1. The Hall–Kier alpha value is -1.03. The standard InChI is InChI=1S/C11H21N3O/c1-8(2)13-10-14-9(7-15-10)6-12-11(3,4)5/h7-8,12H,6H2,1-5H3,(H,13,14). The van der Waals surface area contributed by atoms with Crippen molar-refractivity contribution in [2.24, 2.45) is 0 Å². The Kier molecular flexibility index (Phi) is 3.74. The van der Waals surface area contributed by atoms with Gasteiger partial charge in [-0.2, -0.15) is 4.98 Å². The van der Waals surface area contributed by atoms with Crippen LogP contribution in [0.25, 0.3) is 0 Å². The maximum atomic E-state index is 5.28. The number of hydrogen-bond acceptors (Lipinski definition) is 4. The largest absolute Gasteiger partial charge is 0.432 e. The molecule has 1 rings (SSSR count). The van der Waals surface area contributed by atoms with Gasteiger partial charge in [0.1, 0.15) is 6.26 Å². The van der Waals surface area contributed by atoms with Gasteiger partial charge in [-0.1, -0.05) is 0 Å². The Morgan fingerprint density at radius 3 is 2.60 bits per heavy atom. The molecule has 0 spiro atoms. The molecule has 4 nitrogen and oxygen atoms in total. The van der Waals surface area contributed by atoms with Crippen molar-refractivity contribution in [1.29, 1.82) is 0 Å². The van der Waals surface area contributed by atoms with Crippen LogP contribution in [0, 0.1) is 0 Å². The maximum Gasteiger partial charge on any atom is 0.294 e. The van der Waals surface area contributed by atoms with E-state index in [9.17, 15) is 0 Å².